The van der Waals surface area contributed by atoms with Gasteiger partial charge >= 0.3 is 0 Å². The zero-order valence-electron chi connectivity index (χ0n) is 18.1. The van der Waals surface area contributed by atoms with E-state index in [0.717, 1.165) is 12.8 Å². The van der Waals surface area contributed by atoms with Crippen LogP contribution in [0.2, 0.25) is 18.1 Å². The third kappa shape index (κ3) is 6.80. The van der Waals surface area contributed by atoms with Crippen molar-refractivity contribution in [2.45, 2.75) is 77.8 Å². The van der Waals surface area contributed by atoms with Crippen LogP contribution in [0.1, 0.15) is 46.6 Å². The SMILES string of the molecule is CO[C@H]([C@H](C)[C@@H](O)CCc1ccccc1)[C@@H](C)CO[Si](C)(C)C(C)(C)C. The van der Waals surface area contributed by atoms with Gasteiger partial charge in [0.15, 0.2) is 8.32 Å². The van der Waals surface area contributed by atoms with E-state index in [1.54, 1.807) is 7.11 Å². The Labute approximate surface area is 162 Å². The van der Waals surface area contributed by atoms with Gasteiger partial charge < -0.3 is 14.3 Å². The van der Waals surface area contributed by atoms with Gasteiger partial charge in [-0.3, -0.25) is 0 Å². The first kappa shape index (κ1) is 23.4. The van der Waals surface area contributed by atoms with Crippen LogP contribution >= 0.6 is 0 Å². The van der Waals surface area contributed by atoms with Gasteiger partial charge in [0.1, 0.15) is 0 Å². The summed E-state index contributed by atoms with van der Waals surface area (Å²) in [4.78, 5) is 0. The number of methoxy groups -OCH3 is 1. The number of aliphatic hydroxyl groups excluding tert-OH is 1. The number of ether oxygens (including phenoxy) is 1. The van der Waals surface area contributed by atoms with Crippen LogP contribution in [-0.2, 0) is 15.6 Å². The topological polar surface area (TPSA) is 38.7 Å². The summed E-state index contributed by atoms with van der Waals surface area (Å²) in [5.74, 6) is 0.317. The standard InChI is InChI=1S/C22H40O3Si/c1-17(16-25-26(7,8)22(3,4)5)21(24-6)18(2)20(23)15-14-19-12-10-9-11-13-19/h9-13,17-18,20-21,23H,14-16H2,1-8H3/t17-,18+,20-,21-/m0/s1. The second-order valence-electron chi connectivity index (χ2n) is 9.20. The molecule has 0 heterocycles. The molecule has 0 aliphatic heterocycles. The van der Waals surface area contributed by atoms with E-state index in [4.69, 9.17) is 9.16 Å². The van der Waals surface area contributed by atoms with Gasteiger partial charge in [-0.05, 0) is 36.5 Å². The highest BCUT2D eigenvalue weighted by molar-refractivity contribution is 6.74. The number of hydrogen-bond donors (Lipinski definition) is 1. The summed E-state index contributed by atoms with van der Waals surface area (Å²) in [6.07, 6.45) is 1.25. The number of benzene rings is 1. The van der Waals surface area contributed by atoms with E-state index in [1.165, 1.54) is 5.56 Å². The van der Waals surface area contributed by atoms with Gasteiger partial charge in [-0.2, -0.15) is 0 Å². The van der Waals surface area contributed by atoms with Crippen LogP contribution in [0, 0.1) is 11.8 Å². The lowest BCUT2D eigenvalue weighted by Gasteiger charge is -2.38. The van der Waals surface area contributed by atoms with E-state index in [1.807, 2.05) is 18.2 Å². The lowest BCUT2D eigenvalue weighted by Crippen LogP contribution is -2.44. The third-order valence-corrected chi connectivity index (χ3v) is 10.5. The maximum atomic E-state index is 10.7. The molecule has 0 amide bonds. The number of aliphatic hydroxyl groups is 1. The molecule has 0 aliphatic rings. The van der Waals surface area contributed by atoms with Crippen molar-refractivity contribution in [2.75, 3.05) is 13.7 Å². The monoisotopic (exact) mass is 380 g/mol. The molecule has 0 aromatic heterocycles. The summed E-state index contributed by atoms with van der Waals surface area (Å²) in [6, 6.07) is 10.3. The summed E-state index contributed by atoms with van der Waals surface area (Å²) in [6.45, 7) is 16.3. The fourth-order valence-corrected chi connectivity index (χ4v) is 4.17. The van der Waals surface area contributed by atoms with Crippen LogP contribution in [0.3, 0.4) is 0 Å². The van der Waals surface area contributed by atoms with Crippen LogP contribution in [0.4, 0.5) is 0 Å². The van der Waals surface area contributed by atoms with Gasteiger partial charge in [-0.15, -0.1) is 0 Å². The van der Waals surface area contributed by atoms with Gasteiger partial charge in [-0.1, -0.05) is 65.0 Å². The van der Waals surface area contributed by atoms with Crippen molar-refractivity contribution in [1.29, 1.82) is 0 Å². The van der Waals surface area contributed by atoms with Crippen LogP contribution < -0.4 is 0 Å². The zero-order valence-corrected chi connectivity index (χ0v) is 19.1. The Morgan fingerprint density at radius 1 is 1.08 bits per heavy atom. The molecular formula is C22H40O3Si. The molecule has 3 nitrogen and oxygen atoms in total. The summed E-state index contributed by atoms with van der Waals surface area (Å²) >= 11 is 0. The Morgan fingerprint density at radius 2 is 1.65 bits per heavy atom. The molecule has 4 heteroatoms. The van der Waals surface area contributed by atoms with Crippen molar-refractivity contribution in [3.8, 4) is 0 Å². The van der Waals surface area contributed by atoms with Crippen molar-refractivity contribution in [1.82, 2.24) is 0 Å². The predicted octanol–water partition coefficient (Wildman–Crippen LogP) is 5.29. The first-order valence-electron chi connectivity index (χ1n) is 9.88. The molecule has 0 spiro atoms. The van der Waals surface area contributed by atoms with Crippen molar-refractivity contribution in [2.24, 2.45) is 11.8 Å². The molecule has 26 heavy (non-hydrogen) atoms. The fourth-order valence-electron chi connectivity index (χ4n) is 3.06. The Bertz CT molecular complexity index is 510. The quantitative estimate of drug-likeness (QED) is 0.561. The van der Waals surface area contributed by atoms with E-state index in [2.05, 4.69) is 59.8 Å². The van der Waals surface area contributed by atoms with Crippen LogP contribution in [0.15, 0.2) is 30.3 Å². The van der Waals surface area contributed by atoms with Crippen molar-refractivity contribution in [3.05, 3.63) is 35.9 Å². The molecule has 0 fully saturated rings. The second kappa shape index (κ2) is 10.0. The summed E-state index contributed by atoms with van der Waals surface area (Å²) in [5, 5.41) is 10.9. The third-order valence-electron chi connectivity index (χ3n) is 6.04. The molecule has 150 valence electrons. The van der Waals surface area contributed by atoms with Gasteiger partial charge in [0.05, 0.1) is 12.2 Å². The van der Waals surface area contributed by atoms with Gasteiger partial charge in [0.25, 0.3) is 0 Å². The maximum Gasteiger partial charge on any atom is 0.191 e. The number of aryl methyl sites for hydroxylation is 1. The summed E-state index contributed by atoms with van der Waals surface area (Å²) in [5.41, 5.74) is 1.27. The average molecular weight is 381 g/mol. The molecule has 0 saturated heterocycles. The van der Waals surface area contributed by atoms with Gasteiger partial charge in [0, 0.05) is 25.6 Å². The number of rotatable bonds is 10. The molecule has 4 atom stereocenters. The van der Waals surface area contributed by atoms with Crippen LogP contribution in [-0.4, -0.2) is 39.3 Å². The first-order chi connectivity index (χ1) is 12.0. The Hall–Kier alpha value is -0.683. The average Bonchev–Trinajstić information content (AvgIpc) is 2.58. The van der Waals surface area contributed by atoms with Crippen molar-refractivity contribution >= 4 is 8.32 Å². The molecule has 0 saturated carbocycles. The molecule has 1 aromatic carbocycles. The normalized spacial score (nSPS) is 17.6. The summed E-state index contributed by atoms with van der Waals surface area (Å²) < 4.78 is 12.1. The lowest BCUT2D eigenvalue weighted by molar-refractivity contribution is -0.0457. The van der Waals surface area contributed by atoms with Gasteiger partial charge in [-0.25, -0.2) is 0 Å². The minimum absolute atomic E-state index is 0.00876. The molecular weight excluding hydrogens is 340 g/mol. The van der Waals surface area contributed by atoms with E-state index >= 15 is 0 Å². The maximum absolute atomic E-state index is 10.7. The second-order valence-corrected chi connectivity index (χ2v) is 14.0. The Kier molecular flexibility index (Phi) is 9.00. The van der Waals surface area contributed by atoms with E-state index in [0.29, 0.717) is 6.61 Å². The highest BCUT2D eigenvalue weighted by atomic mass is 28.4. The smallest absolute Gasteiger partial charge is 0.191 e. The molecule has 1 aromatic rings. The molecule has 0 radical (unpaired) electrons. The van der Waals surface area contributed by atoms with Crippen molar-refractivity contribution in [3.63, 3.8) is 0 Å². The Morgan fingerprint density at radius 3 is 2.15 bits per heavy atom. The molecule has 1 rings (SSSR count). The van der Waals surface area contributed by atoms with E-state index < -0.39 is 8.32 Å². The van der Waals surface area contributed by atoms with Crippen LogP contribution in [0.5, 0.6) is 0 Å². The zero-order chi connectivity index (χ0) is 20.0. The van der Waals surface area contributed by atoms with Crippen molar-refractivity contribution < 1.29 is 14.3 Å². The van der Waals surface area contributed by atoms with E-state index in [-0.39, 0.29) is 29.1 Å². The molecule has 0 bridgehead atoms. The highest BCUT2D eigenvalue weighted by Crippen LogP contribution is 2.37. The van der Waals surface area contributed by atoms with Gasteiger partial charge in [0.2, 0.25) is 0 Å². The van der Waals surface area contributed by atoms with E-state index in [9.17, 15) is 5.11 Å². The predicted molar refractivity (Wildman–Crippen MR) is 113 cm³/mol. The lowest BCUT2D eigenvalue weighted by atomic mass is 9.87. The molecule has 0 unspecified atom stereocenters. The summed E-state index contributed by atoms with van der Waals surface area (Å²) in [7, 11) is -0.0216. The Balaban J connectivity index is 2.59. The minimum atomic E-state index is -1.77. The molecule has 0 aliphatic carbocycles. The molecule has 1 N–H and O–H groups in total. The minimum Gasteiger partial charge on any atom is -0.416 e. The first-order valence-corrected chi connectivity index (χ1v) is 12.8. The van der Waals surface area contributed by atoms with Crippen LogP contribution in [0.25, 0.3) is 0 Å². The highest BCUT2D eigenvalue weighted by Gasteiger charge is 2.38. The largest absolute Gasteiger partial charge is 0.416 e. The fraction of sp³-hybridized carbons (Fsp3) is 0.727. The number of hydrogen-bond acceptors (Lipinski definition) is 3.